The predicted octanol–water partition coefficient (Wildman–Crippen LogP) is 5.38. The Morgan fingerprint density at radius 2 is 1.76 bits per heavy atom. The maximum Gasteiger partial charge on any atom is 0.170 e. The van der Waals surface area contributed by atoms with E-state index in [0.29, 0.717) is 18.8 Å². The monoisotopic (exact) mass is 298 g/mol. The van der Waals surface area contributed by atoms with Crippen LogP contribution in [0, 0.1) is 23.4 Å². The molecule has 1 saturated carbocycles. The number of carbonyl (C=O) groups excluding carboxylic acids is 1. The molecule has 0 radical (unpaired) electrons. The van der Waals surface area contributed by atoms with Crippen molar-refractivity contribution >= 4 is 5.78 Å². The van der Waals surface area contributed by atoms with Gasteiger partial charge in [0.15, 0.2) is 17.4 Å². The molecule has 0 saturated heterocycles. The molecule has 1 aliphatic rings. The van der Waals surface area contributed by atoms with Crippen LogP contribution in [0.15, 0.2) is 6.07 Å². The number of benzene rings is 1. The van der Waals surface area contributed by atoms with Crippen LogP contribution in [-0.4, -0.2) is 5.78 Å². The second kappa shape index (κ2) is 6.63. The highest BCUT2D eigenvalue weighted by atomic mass is 19.2. The highest BCUT2D eigenvalue weighted by Crippen LogP contribution is 2.40. The average Bonchev–Trinajstić information content (AvgIpc) is 2.45. The molecule has 21 heavy (non-hydrogen) atoms. The lowest BCUT2D eigenvalue weighted by Crippen LogP contribution is -2.17. The molecule has 0 unspecified atom stereocenters. The molecule has 0 N–H and O–H groups in total. The zero-order valence-corrected chi connectivity index (χ0v) is 12.5. The molecule has 0 spiro atoms. The lowest BCUT2D eigenvalue weighted by Gasteiger charge is -2.29. The number of halogens is 3. The van der Waals surface area contributed by atoms with E-state index in [1.165, 1.54) is 0 Å². The third kappa shape index (κ3) is 3.30. The van der Waals surface area contributed by atoms with Crippen molar-refractivity contribution in [1.29, 1.82) is 0 Å². The van der Waals surface area contributed by atoms with Crippen molar-refractivity contribution in [2.75, 3.05) is 0 Å². The van der Waals surface area contributed by atoms with Crippen LogP contribution in [0.4, 0.5) is 13.2 Å². The molecule has 116 valence electrons. The Hall–Kier alpha value is -1.32. The van der Waals surface area contributed by atoms with E-state index in [0.717, 1.165) is 38.7 Å². The Balaban J connectivity index is 2.25. The summed E-state index contributed by atoms with van der Waals surface area (Å²) in [6.07, 6.45) is 5.45. The highest BCUT2D eigenvalue weighted by Gasteiger charge is 2.29. The van der Waals surface area contributed by atoms with Crippen LogP contribution in [-0.2, 0) is 0 Å². The maximum atomic E-state index is 14.1. The van der Waals surface area contributed by atoms with Gasteiger partial charge in [-0.1, -0.05) is 19.8 Å². The first-order valence-corrected chi connectivity index (χ1v) is 7.64. The molecular formula is C17H21F3O. The molecule has 1 aromatic rings. The zero-order valence-electron chi connectivity index (χ0n) is 12.5. The second-order valence-corrected chi connectivity index (χ2v) is 6.01. The van der Waals surface area contributed by atoms with Gasteiger partial charge in [-0.15, -0.1) is 0 Å². The van der Waals surface area contributed by atoms with Gasteiger partial charge in [0.05, 0.1) is 5.56 Å². The zero-order chi connectivity index (χ0) is 15.6. The van der Waals surface area contributed by atoms with Crippen LogP contribution >= 0.6 is 0 Å². The van der Waals surface area contributed by atoms with Crippen LogP contribution in [0.5, 0.6) is 0 Å². The number of carbonyl (C=O) groups is 1. The highest BCUT2D eigenvalue weighted by molar-refractivity contribution is 5.94. The molecular weight excluding hydrogens is 277 g/mol. The molecule has 1 nitrogen and oxygen atoms in total. The molecule has 0 aromatic heterocycles. The van der Waals surface area contributed by atoms with E-state index < -0.39 is 28.8 Å². The van der Waals surface area contributed by atoms with E-state index in [1.807, 2.05) is 0 Å². The van der Waals surface area contributed by atoms with Crippen molar-refractivity contribution in [3.8, 4) is 0 Å². The molecule has 1 aromatic carbocycles. The van der Waals surface area contributed by atoms with Gasteiger partial charge in [-0.2, -0.15) is 0 Å². The van der Waals surface area contributed by atoms with E-state index in [4.69, 9.17) is 0 Å². The first-order chi connectivity index (χ1) is 9.95. The Morgan fingerprint density at radius 3 is 2.29 bits per heavy atom. The summed E-state index contributed by atoms with van der Waals surface area (Å²) in [4.78, 5) is 11.2. The van der Waals surface area contributed by atoms with Gasteiger partial charge < -0.3 is 0 Å². The number of rotatable bonds is 4. The van der Waals surface area contributed by atoms with Crippen molar-refractivity contribution < 1.29 is 18.0 Å². The van der Waals surface area contributed by atoms with Gasteiger partial charge in [0.25, 0.3) is 0 Å². The average molecular weight is 298 g/mol. The fraction of sp³-hybridized carbons (Fsp3) is 0.588. The topological polar surface area (TPSA) is 17.1 Å². The normalized spacial score (nSPS) is 22.3. The molecule has 4 heteroatoms. The Morgan fingerprint density at radius 1 is 1.14 bits per heavy atom. The Labute approximate surface area is 123 Å². The summed E-state index contributed by atoms with van der Waals surface area (Å²) < 4.78 is 42.2. The van der Waals surface area contributed by atoms with Gasteiger partial charge in [-0.3, -0.25) is 4.79 Å². The summed E-state index contributed by atoms with van der Waals surface area (Å²) in [5.41, 5.74) is -0.680. The summed E-state index contributed by atoms with van der Waals surface area (Å²) >= 11 is 0. The van der Waals surface area contributed by atoms with E-state index in [2.05, 4.69) is 6.92 Å². The van der Waals surface area contributed by atoms with Crippen molar-refractivity contribution in [3.05, 3.63) is 34.6 Å². The summed E-state index contributed by atoms with van der Waals surface area (Å²) in [6.45, 7) is 3.23. The van der Waals surface area contributed by atoms with Gasteiger partial charge >= 0.3 is 0 Å². The lowest BCUT2D eigenvalue weighted by molar-refractivity contribution is 0.101. The van der Waals surface area contributed by atoms with Gasteiger partial charge in [0, 0.05) is 5.56 Å². The summed E-state index contributed by atoms with van der Waals surface area (Å²) in [7, 11) is 0. The van der Waals surface area contributed by atoms with Gasteiger partial charge in [-0.25, -0.2) is 13.2 Å². The fourth-order valence-corrected chi connectivity index (χ4v) is 3.39. The van der Waals surface area contributed by atoms with Crippen molar-refractivity contribution in [3.63, 3.8) is 0 Å². The van der Waals surface area contributed by atoms with Crippen LogP contribution in [0.25, 0.3) is 0 Å². The molecule has 0 atom stereocenters. The van der Waals surface area contributed by atoms with Crippen LogP contribution in [0.1, 0.15) is 74.2 Å². The molecule has 0 heterocycles. The summed E-state index contributed by atoms with van der Waals surface area (Å²) in [5.74, 6) is -3.53. The molecule has 0 amide bonds. The first kappa shape index (κ1) is 16.1. The van der Waals surface area contributed by atoms with Crippen molar-refractivity contribution in [2.24, 2.45) is 5.92 Å². The number of Topliss-reactive ketones (excluding diaryl/α,β-unsaturated/α-hetero) is 1. The third-order valence-corrected chi connectivity index (χ3v) is 4.53. The quantitative estimate of drug-likeness (QED) is 0.538. The summed E-state index contributed by atoms with van der Waals surface area (Å²) in [5, 5.41) is 0. The van der Waals surface area contributed by atoms with E-state index >= 15 is 0 Å². The smallest absolute Gasteiger partial charge is 0.170 e. The molecule has 2 rings (SSSR count). The number of ketones is 1. The fourth-order valence-electron chi connectivity index (χ4n) is 3.39. The van der Waals surface area contributed by atoms with Crippen LogP contribution in [0.2, 0.25) is 0 Å². The Bertz CT molecular complexity index is 531. The van der Waals surface area contributed by atoms with E-state index in [9.17, 15) is 18.0 Å². The lowest BCUT2D eigenvalue weighted by atomic mass is 9.76. The van der Waals surface area contributed by atoms with Crippen molar-refractivity contribution in [2.45, 2.75) is 58.3 Å². The number of hydrogen-bond donors (Lipinski definition) is 0. The summed E-state index contributed by atoms with van der Waals surface area (Å²) in [6, 6.07) is 0.841. The standard InChI is InChI=1S/C17H21F3O/c1-3-4-11-5-7-12(8-6-11)15-14(18)9-13(10(2)21)16(19)17(15)20/h9,11-12H,3-8H2,1-2H3/t11-,12-. The second-order valence-electron chi connectivity index (χ2n) is 6.01. The third-order valence-electron chi connectivity index (χ3n) is 4.53. The van der Waals surface area contributed by atoms with Crippen LogP contribution in [0.3, 0.4) is 0 Å². The molecule has 1 aliphatic carbocycles. The minimum Gasteiger partial charge on any atom is -0.294 e. The maximum absolute atomic E-state index is 14.1. The minimum absolute atomic E-state index is 0.174. The Kier molecular flexibility index (Phi) is 5.07. The van der Waals surface area contributed by atoms with Gasteiger partial charge in [0.2, 0.25) is 0 Å². The minimum atomic E-state index is -1.21. The van der Waals surface area contributed by atoms with Gasteiger partial charge in [-0.05, 0) is 50.5 Å². The SMILES string of the molecule is CCC[C@H]1CC[C@H](c2c(F)cc(C(C)=O)c(F)c2F)CC1. The van der Waals surface area contributed by atoms with Gasteiger partial charge in [0.1, 0.15) is 5.82 Å². The number of hydrogen-bond acceptors (Lipinski definition) is 1. The largest absolute Gasteiger partial charge is 0.294 e. The molecule has 1 fully saturated rings. The first-order valence-electron chi connectivity index (χ1n) is 7.64. The predicted molar refractivity (Wildman–Crippen MR) is 75.9 cm³/mol. The van der Waals surface area contributed by atoms with E-state index in [1.54, 1.807) is 0 Å². The van der Waals surface area contributed by atoms with E-state index in [-0.39, 0.29) is 11.5 Å². The van der Waals surface area contributed by atoms with Crippen molar-refractivity contribution in [1.82, 2.24) is 0 Å². The molecule has 0 bridgehead atoms. The van der Waals surface area contributed by atoms with Crippen LogP contribution < -0.4 is 0 Å². The molecule has 0 aliphatic heterocycles.